The molecule has 2 aromatic carbocycles. The van der Waals surface area contributed by atoms with Gasteiger partial charge in [0.2, 0.25) is 5.91 Å². The predicted molar refractivity (Wildman–Crippen MR) is 112 cm³/mol. The van der Waals surface area contributed by atoms with Gasteiger partial charge in [0.1, 0.15) is 12.3 Å². The number of para-hydroxylation sites is 1. The number of fused-ring (bicyclic) bond motifs is 2. The van der Waals surface area contributed by atoms with Gasteiger partial charge in [-0.2, -0.15) is 0 Å². The van der Waals surface area contributed by atoms with E-state index in [-0.39, 0.29) is 13.0 Å². The molecule has 31 heavy (non-hydrogen) atoms. The Morgan fingerprint density at radius 2 is 1.90 bits per heavy atom. The van der Waals surface area contributed by atoms with Crippen LogP contribution in [0.2, 0.25) is 0 Å². The lowest BCUT2D eigenvalue weighted by molar-refractivity contribution is -0.135. The van der Waals surface area contributed by atoms with E-state index in [4.69, 9.17) is 4.74 Å². The molecule has 3 N–H and O–H groups in total. The second-order valence-electron chi connectivity index (χ2n) is 7.62. The molecular weight excluding hydrogens is 400 g/mol. The van der Waals surface area contributed by atoms with Crippen molar-refractivity contribution in [3.63, 3.8) is 0 Å². The molecule has 0 radical (unpaired) electrons. The first-order valence-corrected chi connectivity index (χ1v) is 9.85. The minimum atomic E-state index is -1.27. The molecule has 0 aromatic heterocycles. The lowest BCUT2D eigenvalue weighted by Crippen LogP contribution is -2.48. The fourth-order valence-corrected chi connectivity index (χ4v) is 3.81. The molecule has 160 valence electrons. The Bertz CT molecular complexity index is 1100. The Morgan fingerprint density at radius 3 is 2.68 bits per heavy atom. The van der Waals surface area contributed by atoms with Gasteiger partial charge in [0.15, 0.2) is 5.54 Å². The van der Waals surface area contributed by atoms with Gasteiger partial charge in [-0.25, -0.2) is 9.59 Å². The van der Waals surface area contributed by atoms with E-state index >= 15 is 0 Å². The van der Waals surface area contributed by atoms with Gasteiger partial charge in [-0.1, -0.05) is 24.3 Å². The highest BCUT2D eigenvalue weighted by atomic mass is 16.5. The summed E-state index contributed by atoms with van der Waals surface area (Å²) in [5.41, 5.74) is 1.87. The summed E-state index contributed by atoms with van der Waals surface area (Å²) in [6.07, 6.45) is 0.250. The maximum absolute atomic E-state index is 13.1. The molecule has 2 aliphatic rings. The van der Waals surface area contributed by atoms with E-state index in [1.807, 2.05) is 19.9 Å². The smallest absolute Gasteiger partial charge is 0.325 e. The normalized spacial score (nSPS) is 19.5. The maximum atomic E-state index is 13.1. The Kier molecular flexibility index (Phi) is 5.10. The van der Waals surface area contributed by atoms with Gasteiger partial charge in [0.05, 0.1) is 6.61 Å². The van der Waals surface area contributed by atoms with Gasteiger partial charge in [-0.05, 0) is 43.2 Å². The van der Waals surface area contributed by atoms with Crippen LogP contribution in [0.25, 0.3) is 0 Å². The third-order valence-electron chi connectivity index (χ3n) is 5.58. The van der Waals surface area contributed by atoms with Gasteiger partial charge >= 0.3 is 12.1 Å². The van der Waals surface area contributed by atoms with Crippen LogP contribution >= 0.6 is 0 Å². The van der Waals surface area contributed by atoms with E-state index in [0.717, 1.165) is 16.0 Å². The molecule has 1 unspecified atom stereocenters. The minimum absolute atomic E-state index is 0.250. The van der Waals surface area contributed by atoms with E-state index in [2.05, 4.69) is 16.0 Å². The summed E-state index contributed by atoms with van der Waals surface area (Å²) in [7, 11) is 0. The molecule has 1 fully saturated rings. The standard InChI is InChI=1S/C22H22N4O5/c1-13-7-8-15(11-14(13)2)23-20(29)24-18(27)12-26-19(28)22(25-21(26)30)9-10-31-17-6-4-3-5-16(17)22/h3-8,11H,9-10,12H2,1-2H3,(H,25,30)(H2,23,24,27,29). The quantitative estimate of drug-likeness (QED) is 0.656. The number of nitrogens with one attached hydrogen (secondary N) is 3. The number of aryl methyl sites for hydroxylation is 2. The van der Waals surface area contributed by atoms with E-state index in [0.29, 0.717) is 17.0 Å². The summed E-state index contributed by atoms with van der Waals surface area (Å²) in [5.74, 6) is -0.804. The molecule has 9 nitrogen and oxygen atoms in total. The second-order valence-corrected chi connectivity index (χ2v) is 7.62. The molecule has 2 heterocycles. The number of nitrogens with zero attached hydrogens (tertiary/aromatic N) is 1. The summed E-state index contributed by atoms with van der Waals surface area (Å²) < 4.78 is 5.58. The van der Waals surface area contributed by atoms with Crippen molar-refractivity contribution in [2.75, 3.05) is 18.5 Å². The van der Waals surface area contributed by atoms with Gasteiger partial charge in [-0.15, -0.1) is 0 Å². The molecule has 1 saturated heterocycles. The van der Waals surface area contributed by atoms with Crippen molar-refractivity contribution in [3.8, 4) is 5.75 Å². The molecule has 0 aliphatic carbocycles. The number of benzene rings is 2. The van der Waals surface area contributed by atoms with Crippen LogP contribution in [0, 0.1) is 13.8 Å². The molecule has 6 amide bonds. The zero-order valence-electron chi connectivity index (χ0n) is 17.2. The molecule has 1 spiro atoms. The van der Waals surface area contributed by atoms with Crippen molar-refractivity contribution in [2.45, 2.75) is 25.8 Å². The van der Waals surface area contributed by atoms with Crippen LogP contribution in [-0.4, -0.2) is 41.9 Å². The summed E-state index contributed by atoms with van der Waals surface area (Å²) in [6, 6.07) is 10.9. The van der Waals surface area contributed by atoms with Crippen molar-refractivity contribution in [2.24, 2.45) is 0 Å². The number of hydrogen-bond donors (Lipinski definition) is 3. The summed E-state index contributed by atoms with van der Waals surface area (Å²) in [6.45, 7) is 3.53. The molecule has 0 bridgehead atoms. The Morgan fingerprint density at radius 1 is 1.13 bits per heavy atom. The summed E-state index contributed by atoms with van der Waals surface area (Å²) in [5, 5.41) is 7.43. The van der Waals surface area contributed by atoms with Crippen LogP contribution < -0.4 is 20.7 Å². The van der Waals surface area contributed by atoms with Crippen molar-refractivity contribution < 1.29 is 23.9 Å². The lowest BCUT2D eigenvalue weighted by Gasteiger charge is -2.33. The molecule has 1 atom stereocenters. The Balaban J connectivity index is 1.43. The molecule has 2 aliphatic heterocycles. The molecule has 2 aromatic rings. The largest absolute Gasteiger partial charge is 0.493 e. The highest BCUT2D eigenvalue weighted by molar-refractivity contribution is 6.11. The third-order valence-corrected chi connectivity index (χ3v) is 5.58. The Labute approximate surface area is 178 Å². The number of amides is 6. The number of rotatable bonds is 3. The number of carbonyl (C=O) groups is 4. The Hall–Kier alpha value is -3.88. The first-order valence-electron chi connectivity index (χ1n) is 9.85. The highest BCUT2D eigenvalue weighted by Gasteiger charge is 2.55. The van der Waals surface area contributed by atoms with Crippen LogP contribution in [0.4, 0.5) is 15.3 Å². The van der Waals surface area contributed by atoms with E-state index in [1.54, 1.807) is 36.4 Å². The molecular formula is C22H22N4O5. The summed E-state index contributed by atoms with van der Waals surface area (Å²) >= 11 is 0. The van der Waals surface area contributed by atoms with Crippen LogP contribution in [0.3, 0.4) is 0 Å². The number of imide groups is 2. The topological polar surface area (TPSA) is 117 Å². The van der Waals surface area contributed by atoms with Crippen LogP contribution in [0.5, 0.6) is 5.75 Å². The first kappa shape index (κ1) is 20.4. The van der Waals surface area contributed by atoms with Crippen molar-refractivity contribution >= 4 is 29.6 Å². The van der Waals surface area contributed by atoms with Crippen molar-refractivity contribution in [1.29, 1.82) is 0 Å². The molecule has 9 heteroatoms. The zero-order valence-corrected chi connectivity index (χ0v) is 17.2. The fraction of sp³-hybridized carbons (Fsp3) is 0.273. The van der Waals surface area contributed by atoms with Crippen LogP contribution in [0.15, 0.2) is 42.5 Å². The zero-order chi connectivity index (χ0) is 22.2. The van der Waals surface area contributed by atoms with Crippen molar-refractivity contribution in [3.05, 3.63) is 59.2 Å². The number of anilines is 1. The van der Waals surface area contributed by atoms with Gasteiger partial charge in [0.25, 0.3) is 5.91 Å². The molecule has 4 rings (SSSR count). The van der Waals surface area contributed by atoms with Crippen molar-refractivity contribution in [1.82, 2.24) is 15.5 Å². The van der Waals surface area contributed by atoms with Gasteiger partial charge < -0.3 is 15.4 Å². The first-order chi connectivity index (χ1) is 14.8. The van der Waals surface area contributed by atoms with E-state index in [1.165, 1.54) is 0 Å². The van der Waals surface area contributed by atoms with E-state index in [9.17, 15) is 19.2 Å². The highest BCUT2D eigenvalue weighted by Crippen LogP contribution is 2.40. The SMILES string of the molecule is Cc1ccc(NC(=O)NC(=O)CN2C(=O)NC3(CCOc4ccccc43)C2=O)cc1C. The second kappa shape index (κ2) is 7.75. The van der Waals surface area contributed by atoms with Crippen LogP contribution in [0.1, 0.15) is 23.1 Å². The lowest BCUT2D eigenvalue weighted by atomic mass is 9.84. The number of urea groups is 2. The van der Waals surface area contributed by atoms with Gasteiger partial charge in [0, 0.05) is 17.7 Å². The minimum Gasteiger partial charge on any atom is -0.493 e. The predicted octanol–water partition coefficient (Wildman–Crippen LogP) is 2.18. The van der Waals surface area contributed by atoms with Crippen LogP contribution in [-0.2, 0) is 15.1 Å². The fourth-order valence-electron chi connectivity index (χ4n) is 3.81. The number of ether oxygens (including phenoxy) is 1. The maximum Gasteiger partial charge on any atom is 0.325 e. The summed E-state index contributed by atoms with van der Waals surface area (Å²) in [4.78, 5) is 51.0. The van der Waals surface area contributed by atoms with E-state index < -0.39 is 36.0 Å². The molecule has 0 saturated carbocycles. The number of carbonyl (C=O) groups excluding carboxylic acids is 4. The number of hydrogen-bond acceptors (Lipinski definition) is 5. The third kappa shape index (κ3) is 3.70. The average molecular weight is 422 g/mol. The monoisotopic (exact) mass is 422 g/mol. The average Bonchev–Trinajstić information content (AvgIpc) is 2.96. The van der Waals surface area contributed by atoms with Gasteiger partial charge in [-0.3, -0.25) is 19.8 Å².